The number of hydrogen-bond acceptors (Lipinski definition) is 3. The standard InChI is InChI=1S/C14H22N2O/c1-11(2)14(6-7-14)10-15-9-12-5-4-8-16-13(12)17-3/h4-5,8,11,15H,6-7,9-10H2,1-3H3. The summed E-state index contributed by atoms with van der Waals surface area (Å²) in [4.78, 5) is 4.20. The Morgan fingerprint density at radius 1 is 1.47 bits per heavy atom. The summed E-state index contributed by atoms with van der Waals surface area (Å²) in [5.41, 5.74) is 1.68. The van der Waals surface area contributed by atoms with Crippen LogP contribution in [0.3, 0.4) is 0 Å². The Kier molecular flexibility index (Phi) is 3.67. The van der Waals surface area contributed by atoms with Crippen molar-refractivity contribution in [3.63, 3.8) is 0 Å². The van der Waals surface area contributed by atoms with Crippen LogP contribution in [0.1, 0.15) is 32.3 Å². The van der Waals surface area contributed by atoms with Gasteiger partial charge in [-0.05, 0) is 30.2 Å². The number of aromatic nitrogens is 1. The molecular formula is C14H22N2O. The third kappa shape index (κ3) is 2.78. The fourth-order valence-electron chi connectivity index (χ4n) is 2.31. The minimum Gasteiger partial charge on any atom is -0.481 e. The lowest BCUT2D eigenvalue weighted by Crippen LogP contribution is -2.27. The Bertz CT molecular complexity index is 372. The van der Waals surface area contributed by atoms with Crippen molar-refractivity contribution in [3.05, 3.63) is 23.9 Å². The molecule has 3 nitrogen and oxygen atoms in total. The lowest BCUT2D eigenvalue weighted by molar-refractivity contribution is 0.335. The van der Waals surface area contributed by atoms with E-state index in [1.807, 2.05) is 6.07 Å². The highest BCUT2D eigenvalue weighted by atomic mass is 16.5. The van der Waals surface area contributed by atoms with E-state index in [1.165, 1.54) is 12.8 Å². The van der Waals surface area contributed by atoms with Crippen LogP contribution in [-0.4, -0.2) is 18.6 Å². The molecule has 17 heavy (non-hydrogen) atoms. The van der Waals surface area contributed by atoms with E-state index in [9.17, 15) is 0 Å². The SMILES string of the molecule is COc1ncccc1CNCC1(C(C)C)CC1. The average molecular weight is 234 g/mol. The molecule has 0 aromatic carbocycles. The summed E-state index contributed by atoms with van der Waals surface area (Å²) >= 11 is 0. The molecule has 94 valence electrons. The van der Waals surface area contributed by atoms with Gasteiger partial charge in [-0.1, -0.05) is 19.9 Å². The number of rotatable bonds is 6. The van der Waals surface area contributed by atoms with E-state index >= 15 is 0 Å². The molecule has 0 spiro atoms. The second kappa shape index (κ2) is 5.05. The molecule has 1 aromatic rings. The molecule has 3 heteroatoms. The minimum absolute atomic E-state index is 0.551. The van der Waals surface area contributed by atoms with E-state index in [2.05, 4.69) is 30.2 Å². The van der Waals surface area contributed by atoms with Gasteiger partial charge in [-0.3, -0.25) is 0 Å². The molecule has 1 aliphatic carbocycles. The first-order chi connectivity index (χ1) is 8.18. The van der Waals surface area contributed by atoms with Gasteiger partial charge in [-0.25, -0.2) is 4.98 Å². The van der Waals surface area contributed by atoms with Crippen LogP contribution in [0.15, 0.2) is 18.3 Å². The quantitative estimate of drug-likeness (QED) is 0.821. The maximum absolute atomic E-state index is 5.24. The van der Waals surface area contributed by atoms with Crippen LogP contribution >= 0.6 is 0 Å². The van der Waals surface area contributed by atoms with Gasteiger partial charge < -0.3 is 10.1 Å². The molecule has 1 fully saturated rings. The number of nitrogens with one attached hydrogen (secondary N) is 1. The zero-order valence-corrected chi connectivity index (χ0v) is 11.0. The molecule has 1 saturated carbocycles. The number of methoxy groups -OCH3 is 1. The predicted molar refractivity (Wildman–Crippen MR) is 69.0 cm³/mol. The highest BCUT2D eigenvalue weighted by Crippen LogP contribution is 2.51. The van der Waals surface area contributed by atoms with Crippen LogP contribution in [0.4, 0.5) is 0 Å². The van der Waals surface area contributed by atoms with Crippen molar-refractivity contribution < 1.29 is 4.74 Å². The lowest BCUT2D eigenvalue weighted by atomic mass is 9.92. The van der Waals surface area contributed by atoms with E-state index < -0.39 is 0 Å². The molecule has 1 aliphatic rings. The van der Waals surface area contributed by atoms with Crippen LogP contribution in [0.2, 0.25) is 0 Å². The normalized spacial score (nSPS) is 17.2. The molecule has 0 amide bonds. The summed E-state index contributed by atoms with van der Waals surface area (Å²) < 4.78 is 5.24. The minimum atomic E-state index is 0.551. The first kappa shape index (κ1) is 12.4. The van der Waals surface area contributed by atoms with Crippen LogP contribution < -0.4 is 10.1 Å². The van der Waals surface area contributed by atoms with E-state index in [0.717, 1.165) is 30.5 Å². The number of ether oxygens (including phenoxy) is 1. The largest absolute Gasteiger partial charge is 0.481 e. The molecule has 0 bridgehead atoms. The Labute approximate surface area is 104 Å². The summed E-state index contributed by atoms with van der Waals surface area (Å²) in [6.45, 7) is 6.58. The fourth-order valence-corrected chi connectivity index (χ4v) is 2.31. The van der Waals surface area contributed by atoms with Crippen molar-refractivity contribution in [3.8, 4) is 5.88 Å². The van der Waals surface area contributed by atoms with Crippen molar-refractivity contribution in [2.75, 3.05) is 13.7 Å². The second-order valence-corrected chi connectivity index (χ2v) is 5.29. The third-order valence-corrected chi connectivity index (χ3v) is 3.95. The van der Waals surface area contributed by atoms with Gasteiger partial charge in [0.2, 0.25) is 5.88 Å². The van der Waals surface area contributed by atoms with Gasteiger partial charge in [0.15, 0.2) is 0 Å². The molecule has 1 N–H and O–H groups in total. The monoisotopic (exact) mass is 234 g/mol. The lowest BCUT2D eigenvalue weighted by Gasteiger charge is -2.20. The summed E-state index contributed by atoms with van der Waals surface area (Å²) in [7, 11) is 1.67. The zero-order chi connectivity index (χ0) is 12.3. The predicted octanol–water partition coefficient (Wildman–Crippen LogP) is 2.62. The topological polar surface area (TPSA) is 34.1 Å². The maximum Gasteiger partial charge on any atom is 0.217 e. The van der Waals surface area contributed by atoms with Crippen molar-refractivity contribution >= 4 is 0 Å². The number of nitrogens with zero attached hydrogens (tertiary/aromatic N) is 1. The third-order valence-electron chi connectivity index (χ3n) is 3.95. The summed E-state index contributed by atoms with van der Waals surface area (Å²) in [5.74, 6) is 1.50. The molecule has 1 heterocycles. The van der Waals surface area contributed by atoms with Gasteiger partial charge in [0.05, 0.1) is 7.11 Å². The molecule has 0 aliphatic heterocycles. The van der Waals surface area contributed by atoms with Gasteiger partial charge in [-0.15, -0.1) is 0 Å². The first-order valence-corrected chi connectivity index (χ1v) is 6.36. The molecule has 0 atom stereocenters. The van der Waals surface area contributed by atoms with Gasteiger partial charge in [0.1, 0.15) is 0 Å². The Morgan fingerprint density at radius 2 is 2.24 bits per heavy atom. The summed E-state index contributed by atoms with van der Waals surface area (Å²) in [5, 5.41) is 3.54. The Morgan fingerprint density at radius 3 is 2.82 bits per heavy atom. The van der Waals surface area contributed by atoms with Crippen molar-refractivity contribution in [1.82, 2.24) is 10.3 Å². The van der Waals surface area contributed by atoms with Crippen LogP contribution in [0.5, 0.6) is 5.88 Å². The smallest absolute Gasteiger partial charge is 0.217 e. The van der Waals surface area contributed by atoms with Gasteiger partial charge in [0, 0.05) is 24.8 Å². The average Bonchev–Trinajstić information content (AvgIpc) is 3.11. The zero-order valence-electron chi connectivity index (χ0n) is 11.0. The molecule has 0 saturated heterocycles. The molecule has 1 aromatic heterocycles. The van der Waals surface area contributed by atoms with Crippen molar-refractivity contribution in [2.24, 2.45) is 11.3 Å². The van der Waals surface area contributed by atoms with Crippen molar-refractivity contribution in [2.45, 2.75) is 33.2 Å². The Hall–Kier alpha value is -1.09. The van der Waals surface area contributed by atoms with Crippen molar-refractivity contribution in [1.29, 1.82) is 0 Å². The number of hydrogen-bond donors (Lipinski definition) is 1. The summed E-state index contributed by atoms with van der Waals surface area (Å²) in [6.07, 6.45) is 4.49. The molecule has 0 unspecified atom stereocenters. The molecular weight excluding hydrogens is 212 g/mol. The Balaban J connectivity index is 1.86. The van der Waals surface area contributed by atoms with E-state index in [0.29, 0.717) is 5.41 Å². The van der Waals surface area contributed by atoms with E-state index in [1.54, 1.807) is 13.3 Å². The maximum atomic E-state index is 5.24. The highest BCUT2D eigenvalue weighted by Gasteiger charge is 2.44. The molecule has 2 rings (SSSR count). The van der Waals surface area contributed by atoms with Gasteiger partial charge >= 0.3 is 0 Å². The van der Waals surface area contributed by atoms with Gasteiger partial charge in [-0.2, -0.15) is 0 Å². The fraction of sp³-hybridized carbons (Fsp3) is 0.643. The van der Waals surface area contributed by atoms with Gasteiger partial charge in [0.25, 0.3) is 0 Å². The van der Waals surface area contributed by atoms with Crippen LogP contribution in [0, 0.1) is 11.3 Å². The highest BCUT2D eigenvalue weighted by molar-refractivity contribution is 5.25. The summed E-state index contributed by atoms with van der Waals surface area (Å²) in [6, 6.07) is 4.02. The van der Waals surface area contributed by atoms with E-state index in [-0.39, 0.29) is 0 Å². The van der Waals surface area contributed by atoms with E-state index in [4.69, 9.17) is 4.74 Å². The first-order valence-electron chi connectivity index (χ1n) is 6.36. The second-order valence-electron chi connectivity index (χ2n) is 5.29. The van der Waals surface area contributed by atoms with Crippen LogP contribution in [0.25, 0.3) is 0 Å². The number of pyridine rings is 1. The molecule has 0 radical (unpaired) electrons. The van der Waals surface area contributed by atoms with Crippen LogP contribution in [-0.2, 0) is 6.54 Å².